The summed E-state index contributed by atoms with van der Waals surface area (Å²) in [6.45, 7) is 1.93. The number of nitrogens with two attached hydrogens (primary N) is 2. The average Bonchev–Trinajstić information content (AvgIpc) is 2.64. The van der Waals surface area contributed by atoms with Gasteiger partial charge >= 0.3 is 0 Å². The molecule has 0 aliphatic heterocycles. The number of rotatable bonds is 4. The predicted octanol–water partition coefficient (Wildman–Crippen LogP) is 1.16. The highest BCUT2D eigenvalue weighted by Gasteiger charge is 2.10. The van der Waals surface area contributed by atoms with Crippen LogP contribution in [0.1, 0.15) is 11.5 Å². The van der Waals surface area contributed by atoms with E-state index in [2.05, 4.69) is 19.9 Å². The molecule has 0 radical (unpaired) electrons. The van der Waals surface area contributed by atoms with Crippen LogP contribution in [0, 0.1) is 6.92 Å². The second kappa shape index (κ2) is 5.57. The van der Waals surface area contributed by atoms with Crippen LogP contribution in [0.15, 0.2) is 4.21 Å². The van der Waals surface area contributed by atoms with Crippen LogP contribution >= 0.6 is 23.1 Å². The summed E-state index contributed by atoms with van der Waals surface area (Å²) < 4.78 is 1.07. The van der Waals surface area contributed by atoms with Crippen molar-refractivity contribution in [3.8, 4) is 0 Å². The normalized spacial score (nSPS) is 10.7. The van der Waals surface area contributed by atoms with Gasteiger partial charge < -0.3 is 16.4 Å². The Morgan fingerprint density at radius 3 is 2.47 bits per heavy atom. The molecule has 9 heteroatoms. The monoisotopic (exact) mass is 297 g/mol. The van der Waals surface area contributed by atoms with Crippen molar-refractivity contribution < 1.29 is 0 Å². The Morgan fingerprint density at radius 2 is 1.89 bits per heavy atom. The standard InChI is InChI=1S/C10H15N7S2/c1-5-7(19-9(12)13-5)18-4-6-14-8(11)16-10(15-6)17(2)3/h4H2,1-3H3,(H2,12,13)(H2,11,14,15,16). The van der Waals surface area contributed by atoms with Crippen molar-refractivity contribution in [1.82, 2.24) is 19.9 Å². The van der Waals surface area contributed by atoms with Crippen LogP contribution in [0.3, 0.4) is 0 Å². The number of aryl methyl sites for hydroxylation is 1. The van der Waals surface area contributed by atoms with Gasteiger partial charge in [-0.1, -0.05) is 11.3 Å². The number of thioether (sulfide) groups is 1. The Hall–Kier alpha value is -1.61. The summed E-state index contributed by atoms with van der Waals surface area (Å²) in [4.78, 5) is 18.5. The Labute approximate surface area is 119 Å². The van der Waals surface area contributed by atoms with Crippen molar-refractivity contribution in [2.75, 3.05) is 30.5 Å². The van der Waals surface area contributed by atoms with Gasteiger partial charge in [-0.2, -0.15) is 15.0 Å². The van der Waals surface area contributed by atoms with E-state index in [4.69, 9.17) is 11.5 Å². The fraction of sp³-hybridized carbons (Fsp3) is 0.400. The van der Waals surface area contributed by atoms with Gasteiger partial charge in [-0.25, -0.2) is 4.98 Å². The topological polar surface area (TPSA) is 107 Å². The SMILES string of the molecule is Cc1nc(N)sc1SCc1nc(N)nc(N(C)C)n1. The molecular formula is C10H15N7S2. The van der Waals surface area contributed by atoms with E-state index in [9.17, 15) is 0 Å². The minimum absolute atomic E-state index is 0.231. The number of hydrogen-bond acceptors (Lipinski definition) is 9. The molecule has 0 aromatic carbocycles. The Kier molecular flexibility index (Phi) is 4.05. The van der Waals surface area contributed by atoms with Crippen LogP contribution in [-0.2, 0) is 5.75 Å². The lowest BCUT2D eigenvalue weighted by atomic mass is 10.6. The lowest BCUT2D eigenvalue weighted by molar-refractivity contribution is 0.919. The molecule has 4 N–H and O–H groups in total. The molecule has 0 fully saturated rings. The number of aromatic nitrogens is 4. The van der Waals surface area contributed by atoms with Gasteiger partial charge in [-0.05, 0) is 6.92 Å². The summed E-state index contributed by atoms with van der Waals surface area (Å²) in [6.07, 6.45) is 0. The van der Waals surface area contributed by atoms with Crippen LogP contribution in [0.2, 0.25) is 0 Å². The van der Waals surface area contributed by atoms with E-state index in [-0.39, 0.29) is 5.95 Å². The minimum Gasteiger partial charge on any atom is -0.375 e. The van der Waals surface area contributed by atoms with Gasteiger partial charge in [0.1, 0.15) is 5.82 Å². The van der Waals surface area contributed by atoms with Crippen LogP contribution in [0.25, 0.3) is 0 Å². The van der Waals surface area contributed by atoms with Crippen LogP contribution in [0.4, 0.5) is 17.0 Å². The molecule has 0 saturated carbocycles. The maximum absolute atomic E-state index is 5.67. The predicted molar refractivity (Wildman–Crippen MR) is 79.4 cm³/mol. The van der Waals surface area contributed by atoms with Gasteiger partial charge in [-0.15, -0.1) is 11.8 Å². The molecule has 0 bridgehead atoms. The Bertz CT molecular complexity index is 581. The zero-order valence-electron chi connectivity index (χ0n) is 10.9. The molecule has 0 spiro atoms. The quantitative estimate of drug-likeness (QED) is 0.810. The molecule has 102 valence electrons. The maximum Gasteiger partial charge on any atom is 0.229 e. The molecule has 0 atom stereocenters. The van der Waals surface area contributed by atoms with E-state index in [0.29, 0.717) is 22.7 Å². The molecule has 0 saturated heterocycles. The third kappa shape index (κ3) is 3.44. The molecule has 2 aromatic heterocycles. The summed E-state index contributed by atoms with van der Waals surface area (Å²) in [7, 11) is 3.72. The molecule has 7 nitrogen and oxygen atoms in total. The maximum atomic E-state index is 5.67. The highest BCUT2D eigenvalue weighted by molar-refractivity contribution is 8.00. The summed E-state index contributed by atoms with van der Waals surface area (Å²) in [5, 5.41) is 0.573. The largest absolute Gasteiger partial charge is 0.375 e. The molecule has 0 aliphatic rings. The van der Waals surface area contributed by atoms with Crippen molar-refractivity contribution in [2.24, 2.45) is 0 Å². The van der Waals surface area contributed by atoms with Crippen LogP contribution in [-0.4, -0.2) is 34.0 Å². The lowest BCUT2D eigenvalue weighted by Crippen LogP contribution is -2.15. The fourth-order valence-electron chi connectivity index (χ4n) is 1.36. The number of hydrogen-bond donors (Lipinski definition) is 2. The van der Waals surface area contributed by atoms with Gasteiger partial charge in [-0.3, -0.25) is 0 Å². The van der Waals surface area contributed by atoms with Crippen molar-refractivity contribution in [3.63, 3.8) is 0 Å². The van der Waals surface area contributed by atoms with Gasteiger partial charge in [0.15, 0.2) is 5.13 Å². The van der Waals surface area contributed by atoms with Crippen LogP contribution in [0.5, 0.6) is 0 Å². The van der Waals surface area contributed by atoms with Gasteiger partial charge in [0.05, 0.1) is 15.7 Å². The van der Waals surface area contributed by atoms with E-state index in [0.717, 1.165) is 9.90 Å². The summed E-state index contributed by atoms with van der Waals surface area (Å²) in [5.74, 6) is 2.04. The molecule has 2 rings (SSSR count). The average molecular weight is 297 g/mol. The van der Waals surface area contributed by atoms with Gasteiger partial charge in [0, 0.05) is 14.1 Å². The summed E-state index contributed by atoms with van der Waals surface area (Å²) in [5.41, 5.74) is 12.3. The first-order chi connectivity index (χ1) is 8.95. The Balaban J connectivity index is 2.13. The van der Waals surface area contributed by atoms with E-state index in [1.54, 1.807) is 16.7 Å². The Morgan fingerprint density at radius 1 is 1.16 bits per heavy atom. The molecular weight excluding hydrogens is 282 g/mol. The number of nitrogens with zero attached hydrogens (tertiary/aromatic N) is 5. The smallest absolute Gasteiger partial charge is 0.229 e. The van der Waals surface area contributed by atoms with E-state index >= 15 is 0 Å². The molecule has 2 heterocycles. The van der Waals surface area contributed by atoms with Crippen molar-refractivity contribution in [2.45, 2.75) is 16.9 Å². The second-order valence-corrected chi connectivity index (χ2v) is 6.29. The molecule has 0 amide bonds. The van der Waals surface area contributed by atoms with Gasteiger partial charge in [0.2, 0.25) is 11.9 Å². The van der Waals surface area contributed by atoms with Crippen molar-refractivity contribution >= 4 is 40.1 Å². The molecule has 2 aromatic rings. The van der Waals surface area contributed by atoms with Crippen molar-refractivity contribution in [1.29, 1.82) is 0 Å². The highest BCUT2D eigenvalue weighted by Crippen LogP contribution is 2.32. The van der Waals surface area contributed by atoms with Crippen molar-refractivity contribution in [3.05, 3.63) is 11.5 Å². The highest BCUT2D eigenvalue weighted by atomic mass is 32.2. The molecule has 0 unspecified atom stereocenters. The first kappa shape index (κ1) is 13.8. The third-order valence-corrected chi connectivity index (χ3v) is 4.54. The lowest BCUT2D eigenvalue weighted by Gasteiger charge is -2.11. The number of nitrogen functional groups attached to an aromatic ring is 2. The van der Waals surface area contributed by atoms with Gasteiger partial charge in [0.25, 0.3) is 0 Å². The zero-order valence-corrected chi connectivity index (χ0v) is 12.5. The summed E-state index contributed by atoms with van der Waals surface area (Å²) >= 11 is 3.06. The minimum atomic E-state index is 0.231. The summed E-state index contributed by atoms with van der Waals surface area (Å²) in [6, 6.07) is 0. The zero-order chi connectivity index (χ0) is 14.0. The molecule has 0 aliphatic carbocycles. The van der Waals surface area contributed by atoms with E-state index in [1.165, 1.54) is 11.3 Å². The number of anilines is 3. The third-order valence-electron chi connectivity index (χ3n) is 2.19. The van der Waals surface area contributed by atoms with Crippen LogP contribution < -0.4 is 16.4 Å². The second-order valence-electron chi connectivity index (χ2n) is 4.02. The first-order valence-electron chi connectivity index (χ1n) is 5.49. The van der Waals surface area contributed by atoms with E-state index in [1.807, 2.05) is 21.0 Å². The number of thiazole rings is 1. The fourth-order valence-corrected chi connectivity index (χ4v) is 3.23. The first-order valence-corrected chi connectivity index (χ1v) is 7.29. The molecule has 19 heavy (non-hydrogen) atoms. The van der Waals surface area contributed by atoms with E-state index < -0.39 is 0 Å².